The van der Waals surface area contributed by atoms with E-state index >= 15 is 0 Å². The van der Waals surface area contributed by atoms with Gasteiger partial charge in [-0.25, -0.2) is 13.5 Å². The molecule has 25 heavy (non-hydrogen) atoms. The summed E-state index contributed by atoms with van der Waals surface area (Å²) in [6.45, 7) is 0.102. The monoisotopic (exact) mass is 362 g/mol. The average Bonchev–Trinajstić information content (AvgIpc) is 2.99. The number of hydrogen-bond acceptors (Lipinski definition) is 3. The van der Waals surface area contributed by atoms with Gasteiger partial charge < -0.3 is 4.74 Å². The van der Waals surface area contributed by atoms with Crippen LogP contribution in [0, 0.1) is 11.6 Å². The smallest absolute Gasteiger partial charge is 0.253 e. The SMILES string of the molecule is COCn1nc(-c2c(F)cccc2C(=O)Cl)cc1-c1ccc(F)cc1. The highest BCUT2D eigenvalue weighted by molar-refractivity contribution is 6.68. The lowest BCUT2D eigenvalue weighted by Crippen LogP contribution is -2.04. The number of methoxy groups -OCH3 is 1. The van der Waals surface area contributed by atoms with Crippen molar-refractivity contribution in [1.29, 1.82) is 0 Å². The number of benzene rings is 2. The molecule has 0 spiro atoms. The van der Waals surface area contributed by atoms with Gasteiger partial charge in [-0.2, -0.15) is 5.10 Å². The molecule has 0 saturated carbocycles. The van der Waals surface area contributed by atoms with Crippen molar-refractivity contribution in [3.8, 4) is 22.5 Å². The maximum absolute atomic E-state index is 14.3. The molecule has 0 fully saturated rings. The van der Waals surface area contributed by atoms with Gasteiger partial charge in [0.2, 0.25) is 0 Å². The van der Waals surface area contributed by atoms with Gasteiger partial charge in [-0.1, -0.05) is 6.07 Å². The van der Waals surface area contributed by atoms with Gasteiger partial charge in [0.05, 0.1) is 11.4 Å². The molecule has 3 rings (SSSR count). The Hall–Kier alpha value is -2.57. The zero-order valence-corrected chi connectivity index (χ0v) is 13.9. The number of halogens is 3. The normalized spacial score (nSPS) is 10.9. The predicted molar refractivity (Wildman–Crippen MR) is 90.2 cm³/mol. The van der Waals surface area contributed by atoms with Crippen LogP contribution < -0.4 is 0 Å². The number of carbonyl (C=O) groups excluding carboxylic acids is 1. The molecule has 0 radical (unpaired) electrons. The molecule has 0 aliphatic rings. The number of carbonyl (C=O) groups is 1. The Morgan fingerprint density at radius 2 is 1.92 bits per heavy atom. The van der Waals surface area contributed by atoms with Gasteiger partial charge in [0.25, 0.3) is 5.24 Å². The van der Waals surface area contributed by atoms with Crippen molar-refractivity contribution in [3.63, 3.8) is 0 Å². The fourth-order valence-corrected chi connectivity index (χ4v) is 2.72. The second-order valence-electron chi connectivity index (χ2n) is 5.28. The summed E-state index contributed by atoms with van der Waals surface area (Å²) in [5.41, 5.74) is 1.54. The zero-order valence-electron chi connectivity index (χ0n) is 13.2. The van der Waals surface area contributed by atoms with Crippen LogP contribution in [0.2, 0.25) is 0 Å². The minimum absolute atomic E-state index is 0.0146. The Morgan fingerprint density at radius 1 is 1.20 bits per heavy atom. The molecule has 7 heteroatoms. The molecular weight excluding hydrogens is 350 g/mol. The van der Waals surface area contributed by atoms with E-state index in [1.165, 1.54) is 42.1 Å². The van der Waals surface area contributed by atoms with Gasteiger partial charge in [0, 0.05) is 23.8 Å². The Morgan fingerprint density at radius 3 is 2.56 bits per heavy atom. The Kier molecular flexibility index (Phi) is 4.92. The molecule has 1 aromatic heterocycles. The molecular formula is C18H13ClF2N2O2. The number of nitrogens with zero attached hydrogens (tertiary/aromatic N) is 2. The third kappa shape index (κ3) is 3.45. The van der Waals surface area contributed by atoms with Crippen molar-refractivity contribution in [3.05, 3.63) is 65.7 Å². The van der Waals surface area contributed by atoms with E-state index in [2.05, 4.69) is 5.10 Å². The number of hydrogen-bond donors (Lipinski definition) is 0. The van der Waals surface area contributed by atoms with E-state index in [-0.39, 0.29) is 29.4 Å². The molecule has 2 aromatic carbocycles. The van der Waals surface area contributed by atoms with Crippen molar-refractivity contribution in [1.82, 2.24) is 9.78 Å². The highest BCUT2D eigenvalue weighted by Crippen LogP contribution is 2.31. The van der Waals surface area contributed by atoms with E-state index in [0.717, 1.165) is 0 Å². The van der Waals surface area contributed by atoms with Crippen molar-refractivity contribution < 1.29 is 18.3 Å². The van der Waals surface area contributed by atoms with Gasteiger partial charge in [-0.3, -0.25) is 4.79 Å². The maximum atomic E-state index is 14.3. The summed E-state index contributed by atoms with van der Waals surface area (Å²) in [4.78, 5) is 11.6. The van der Waals surface area contributed by atoms with Gasteiger partial charge >= 0.3 is 0 Å². The summed E-state index contributed by atoms with van der Waals surface area (Å²) < 4.78 is 34.1. The van der Waals surface area contributed by atoms with Crippen LogP contribution in [0.5, 0.6) is 0 Å². The maximum Gasteiger partial charge on any atom is 0.253 e. The van der Waals surface area contributed by atoms with Gasteiger partial charge in [-0.05, 0) is 54.1 Å². The molecule has 4 nitrogen and oxygen atoms in total. The van der Waals surface area contributed by atoms with Crippen LogP contribution in [0.3, 0.4) is 0 Å². The topological polar surface area (TPSA) is 44.1 Å². The van der Waals surface area contributed by atoms with E-state index in [4.69, 9.17) is 16.3 Å². The standard InChI is InChI=1S/C18H13ClF2N2O2/c1-25-10-23-16(11-5-7-12(20)8-6-11)9-15(22-23)17-13(18(19)24)3-2-4-14(17)21/h2-9H,10H2,1H3. The third-order valence-electron chi connectivity index (χ3n) is 3.65. The highest BCUT2D eigenvalue weighted by Gasteiger charge is 2.20. The quantitative estimate of drug-likeness (QED) is 0.629. The molecule has 0 amide bonds. The minimum atomic E-state index is -0.779. The van der Waals surface area contributed by atoms with Gasteiger partial charge in [-0.15, -0.1) is 0 Å². The minimum Gasteiger partial charge on any atom is -0.362 e. The molecule has 0 aliphatic heterocycles. The Bertz CT molecular complexity index is 923. The van der Waals surface area contributed by atoms with Crippen molar-refractivity contribution >= 4 is 16.8 Å². The van der Waals surface area contributed by atoms with E-state index < -0.39 is 11.1 Å². The highest BCUT2D eigenvalue weighted by atomic mass is 35.5. The van der Waals surface area contributed by atoms with E-state index in [0.29, 0.717) is 11.3 Å². The second-order valence-corrected chi connectivity index (χ2v) is 5.62. The first-order valence-corrected chi connectivity index (χ1v) is 7.70. The van der Waals surface area contributed by atoms with Crippen LogP contribution in [0.25, 0.3) is 22.5 Å². The van der Waals surface area contributed by atoms with Crippen molar-refractivity contribution in [2.24, 2.45) is 0 Å². The molecule has 0 bridgehead atoms. The van der Waals surface area contributed by atoms with Gasteiger partial charge in [0.15, 0.2) is 0 Å². The van der Waals surface area contributed by atoms with Crippen molar-refractivity contribution in [2.45, 2.75) is 6.73 Å². The molecule has 1 heterocycles. The summed E-state index contributed by atoms with van der Waals surface area (Å²) in [6.07, 6.45) is 0. The molecule has 0 atom stereocenters. The summed E-state index contributed by atoms with van der Waals surface area (Å²) >= 11 is 5.57. The second kappa shape index (κ2) is 7.13. The van der Waals surface area contributed by atoms with E-state index in [1.807, 2.05) is 0 Å². The number of ether oxygens (including phenoxy) is 1. The first kappa shape index (κ1) is 17.3. The van der Waals surface area contributed by atoms with Crippen LogP contribution in [-0.2, 0) is 11.5 Å². The molecule has 128 valence electrons. The third-order valence-corrected chi connectivity index (χ3v) is 3.86. The van der Waals surface area contributed by atoms with Gasteiger partial charge in [0.1, 0.15) is 18.4 Å². The largest absolute Gasteiger partial charge is 0.362 e. The summed E-state index contributed by atoms with van der Waals surface area (Å²) in [5.74, 6) is -0.981. The lowest BCUT2D eigenvalue weighted by atomic mass is 10.0. The average molecular weight is 363 g/mol. The number of aromatic nitrogens is 2. The zero-order chi connectivity index (χ0) is 18.0. The van der Waals surface area contributed by atoms with E-state index in [1.54, 1.807) is 18.2 Å². The van der Waals surface area contributed by atoms with Crippen LogP contribution in [0.1, 0.15) is 10.4 Å². The summed E-state index contributed by atoms with van der Waals surface area (Å²) in [5, 5.41) is 3.54. The fourth-order valence-electron chi connectivity index (χ4n) is 2.56. The molecule has 3 aromatic rings. The fraction of sp³-hybridized carbons (Fsp3) is 0.111. The molecule has 0 aliphatic carbocycles. The van der Waals surface area contributed by atoms with Crippen LogP contribution >= 0.6 is 11.6 Å². The first-order valence-electron chi connectivity index (χ1n) is 7.32. The van der Waals surface area contributed by atoms with Crippen molar-refractivity contribution in [2.75, 3.05) is 7.11 Å². The number of rotatable bonds is 5. The van der Waals surface area contributed by atoms with Crippen LogP contribution in [0.15, 0.2) is 48.5 Å². The molecule has 0 N–H and O–H groups in total. The summed E-state index contributed by atoms with van der Waals surface area (Å²) in [6, 6.07) is 11.5. The molecule has 0 saturated heterocycles. The Labute approximate surface area is 147 Å². The van der Waals surface area contributed by atoms with Crippen LogP contribution in [0.4, 0.5) is 8.78 Å². The predicted octanol–water partition coefficient (Wildman–Crippen LogP) is 4.48. The molecule has 0 unspecified atom stereocenters. The summed E-state index contributed by atoms with van der Waals surface area (Å²) in [7, 11) is 1.49. The lowest BCUT2D eigenvalue weighted by molar-refractivity contribution is 0.108. The first-order chi connectivity index (χ1) is 12.0. The Balaban J connectivity index is 2.18. The van der Waals surface area contributed by atoms with E-state index in [9.17, 15) is 13.6 Å². The van der Waals surface area contributed by atoms with Crippen LogP contribution in [-0.4, -0.2) is 22.1 Å². The lowest BCUT2D eigenvalue weighted by Gasteiger charge is -2.06.